The lowest BCUT2D eigenvalue weighted by molar-refractivity contribution is -0.150. The molecule has 0 aliphatic rings. The average Bonchev–Trinajstić information content (AvgIpc) is 2.16. The Morgan fingerprint density at radius 3 is 2.40 bits per heavy atom. The molecule has 1 rings (SSSR count). The summed E-state index contributed by atoms with van der Waals surface area (Å²) in [5, 5.41) is 18.2. The molecule has 82 valence electrons. The van der Waals surface area contributed by atoms with E-state index in [-0.39, 0.29) is 5.56 Å². The van der Waals surface area contributed by atoms with Gasteiger partial charge in [0.05, 0.1) is 0 Å². The van der Waals surface area contributed by atoms with Crippen LogP contribution in [-0.2, 0) is 10.2 Å². The van der Waals surface area contributed by atoms with Crippen molar-refractivity contribution in [3.05, 3.63) is 35.6 Å². The molecule has 15 heavy (non-hydrogen) atoms. The summed E-state index contributed by atoms with van der Waals surface area (Å²) in [6.45, 7) is 2.98. The smallest absolute Gasteiger partial charge is 0.333 e. The van der Waals surface area contributed by atoms with Crippen molar-refractivity contribution in [3.63, 3.8) is 0 Å². The number of carbonyl (C=O) groups is 1. The highest BCUT2D eigenvalue weighted by molar-refractivity contribution is 5.74. The SMILES string of the molecule is CC(C)(c1ccccc1F)C(O)C(=O)O. The Morgan fingerprint density at radius 2 is 1.93 bits per heavy atom. The number of benzene rings is 1. The van der Waals surface area contributed by atoms with Gasteiger partial charge in [-0.15, -0.1) is 0 Å². The maximum Gasteiger partial charge on any atom is 0.333 e. The minimum atomic E-state index is -1.63. The molecule has 0 saturated carbocycles. The molecule has 4 heteroatoms. The number of aliphatic hydroxyl groups excluding tert-OH is 1. The van der Waals surface area contributed by atoms with Crippen molar-refractivity contribution in [2.24, 2.45) is 0 Å². The van der Waals surface area contributed by atoms with Gasteiger partial charge in [-0.3, -0.25) is 0 Å². The van der Waals surface area contributed by atoms with E-state index in [4.69, 9.17) is 5.11 Å². The van der Waals surface area contributed by atoms with Gasteiger partial charge in [0.25, 0.3) is 0 Å². The Kier molecular flexibility index (Phi) is 3.09. The van der Waals surface area contributed by atoms with Crippen LogP contribution in [0.15, 0.2) is 24.3 Å². The summed E-state index contributed by atoms with van der Waals surface area (Å²) in [5.41, 5.74) is -0.961. The van der Waals surface area contributed by atoms with E-state index in [0.29, 0.717) is 0 Å². The van der Waals surface area contributed by atoms with Crippen LogP contribution in [0.4, 0.5) is 4.39 Å². The molecule has 0 saturated heterocycles. The van der Waals surface area contributed by atoms with Crippen LogP contribution in [0.2, 0.25) is 0 Å². The summed E-state index contributed by atoms with van der Waals surface area (Å²) in [5.74, 6) is -1.87. The summed E-state index contributed by atoms with van der Waals surface area (Å²) in [4.78, 5) is 10.7. The van der Waals surface area contributed by atoms with Crippen LogP contribution in [0.25, 0.3) is 0 Å². The zero-order valence-corrected chi connectivity index (χ0v) is 8.57. The Balaban J connectivity index is 3.16. The fraction of sp³-hybridized carbons (Fsp3) is 0.364. The first-order valence-electron chi connectivity index (χ1n) is 4.53. The summed E-state index contributed by atoms with van der Waals surface area (Å²) in [6.07, 6.45) is -1.63. The van der Waals surface area contributed by atoms with E-state index in [0.717, 1.165) is 0 Å². The molecule has 3 nitrogen and oxygen atoms in total. The average molecular weight is 212 g/mol. The maximum absolute atomic E-state index is 13.4. The summed E-state index contributed by atoms with van der Waals surface area (Å²) in [7, 11) is 0. The molecule has 1 atom stereocenters. The topological polar surface area (TPSA) is 57.5 Å². The zero-order chi connectivity index (χ0) is 11.6. The first kappa shape index (κ1) is 11.7. The highest BCUT2D eigenvalue weighted by atomic mass is 19.1. The van der Waals surface area contributed by atoms with Crippen LogP contribution in [0, 0.1) is 5.82 Å². The molecule has 0 bridgehead atoms. The lowest BCUT2D eigenvalue weighted by atomic mass is 9.79. The third-order valence-electron chi connectivity index (χ3n) is 2.49. The second kappa shape index (κ2) is 3.98. The Morgan fingerprint density at radius 1 is 1.40 bits per heavy atom. The predicted molar refractivity (Wildman–Crippen MR) is 53.1 cm³/mol. The van der Waals surface area contributed by atoms with Gasteiger partial charge in [0.2, 0.25) is 0 Å². The quantitative estimate of drug-likeness (QED) is 0.799. The second-order valence-electron chi connectivity index (χ2n) is 3.94. The molecule has 0 radical (unpaired) electrons. The normalized spacial score (nSPS) is 13.6. The number of halogens is 1. The van der Waals surface area contributed by atoms with Crippen LogP contribution in [0.1, 0.15) is 19.4 Å². The molecule has 1 aromatic carbocycles. The van der Waals surface area contributed by atoms with Crippen molar-refractivity contribution in [1.82, 2.24) is 0 Å². The maximum atomic E-state index is 13.4. The fourth-order valence-corrected chi connectivity index (χ4v) is 1.44. The Hall–Kier alpha value is -1.42. The number of hydrogen-bond acceptors (Lipinski definition) is 2. The van der Waals surface area contributed by atoms with Gasteiger partial charge < -0.3 is 10.2 Å². The van der Waals surface area contributed by atoms with E-state index >= 15 is 0 Å². The highest BCUT2D eigenvalue weighted by Crippen LogP contribution is 2.29. The molecule has 0 amide bonds. The summed E-state index contributed by atoms with van der Waals surface area (Å²) < 4.78 is 13.4. The predicted octanol–water partition coefficient (Wildman–Crippen LogP) is 1.55. The molecular formula is C11H13FO3. The Bertz CT molecular complexity index is 374. The first-order chi connectivity index (χ1) is 6.87. The molecular weight excluding hydrogens is 199 g/mol. The lowest BCUT2D eigenvalue weighted by Gasteiger charge is -2.28. The van der Waals surface area contributed by atoms with Crippen LogP contribution in [0.3, 0.4) is 0 Å². The molecule has 0 aliphatic carbocycles. The zero-order valence-electron chi connectivity index (χ0n) is 8.57. The van der Waals surface area contributed by atoms with Gasteiger partial charge in [0, 0.05) is 5.41 Å². The third-order valence-corrected chi connectivity index (χ3v) is 2.49. The van der Waals surface area contributed by atoms with E-state index in [1.54, 1.807) is 6.07 Å². The third kappa shape index (κ3) is 2.15. The summed E-state index contributed by atoms with van der Waals surface area (Å²) >= 11 is 0. The molecule has 2 N–H and O–H groups in total. The van der Waals surface area contributed by atoms with Crippen LogP contribution >= 0.6 is 0 Å². The molecule has 1 unspecified atom stereocenters. The standard InChI is InChI=1S/C11H13FO3/c1-11(2,9(13)10(14)15)7-5-3-4-6-8(7)12/h3-6,9,13H,1-2H3,(H,14,15). The van der Waals surface area contributed by atoms with Crippen LogP contribution < -0.4 is 0 Å². The van der Waals surface area contributed by atoms with Crippen molar-refractivity contribution >= 4 is 5.97 Å². The number of carboxylic acid groups (broad SMARTS) is 1. The second-order valence-corrected chi connectivity index (χ2v) is 3.94. The largest absolute Gasteiger partial charge is 0.479 e. The van der Waals surface area contributed by atoms with Gasteiger partial charge in [-0.1, -0.05) is 32.0 Å². The van der Waals surface area contributed by atoms with E-state index in [1.807, 2.05) is 0 Å². The van der Waals surface area contributed by atoms with Crippen LogP contribution in [0.5, 0.6) is 0 Å². The van der Waals surface area contributed by atoms with Crippen LogP contribution in [-0.4, -0.2) is 22.3 Å². The fourth-order valence-electron chi connectivity index (χ4n) is 1.44. The molecule has 1 aromatic rings. The lowest BCUT2D eigenvalue weighted by Crippen LogP contribution is -2.40. The minimum Gasteiger partial charge on any atom is -0.479 e. The molecule has 0 aliphatic heterocycles. The van der Waals surface area contributed by atoms with Crippen molar-refractivity contribution < 1.29 is 19.4 Å². The molecule has 0 heterocycles. The summed E-state index contributed by atoms with van der Waals surface area (Å²) in [6, 6.07) is 5.84. The number of aliphatic hydroxyl groups is 1. The van der Waals surface area contributed by atoms with Gasteiger partial charge in [-0.25, -0.2) is 9.18 Å². The number of aliphatic carboxylic acids is 1. The molecule has 0 aromatic heterocycles. The van der Waals surface area contributed by atoms with Gasteiger partial charge in [0.1, 0.15) is 5.82 Å². The van der Waals surface area contributed by atoms with E-state index in [2.05, 4.69) is 0 Å². The van der Waals surface area contributed by atoms with E-state index in [1.165, 1.54) is 32.0 Å². The number of hydrogen-bond donors (Lipinski definition) is 2. The first-order valence-corrected chi connectivity index (χ1v) is 4.53. The van der Waals surface area contributed by atoms with Gasteiger partial charge in [-0.05, 0) is 11.6 Å². The van der Waals surface area contributed by atoms with Gasteiger partial charge >= 0.3 is 5.97 Å². The van der Waals surface area contributed by atoms with Crippen molar-refractivity contribution in [2.45, 2.75) is 25.4 Å². The minimum absolute atomic E-state index is 0.194. The van der Waals surface area contributed by atoms with E-state index < -0.39 is 23.3 Å². The number of rotatable bonds is 3. The van der Waals surface area contributed by atoms with Crippen molar-refractivity contribution in [1.29, 1.82) is 0 Å². The number of carboxylic acids is 1. The highest BCUT2D eigenvalue weighted by Gasteiger charge is 2.36. The van der Waals surface area contributed by atoms with E-state index in [9.17, 15) is 14.3 Å². The van der Waals surface area contributed by atoms with Crippen molar-refractivity contribution in [3.8, 4) is 0 Å². The molecule has 0 fully saturated rings. The Labute approximate surface area is 87.2 Å². The van der Waals surface area contributed by atoms with Gasteiger partial charge in [0.15, 0.2) is 6.10 Å². The molecule has 0 spiro atoms. The van der Waals surface area contributed by atoms with Gasteiger partial charge in [-0.2, -0.15) is 0 Å². The van der Waals surface area contributed by atoms with Crippen molar-refractivity contribution in [2.75, 3.05) is 0 Å². The monoisotopic (exact) mass is 212 g/mol.